The van der Waals surface area contributed by atoms with Crippen LogP contribution in [-0.2, 0) is 6.42 Å². The first kappa shape index (κ1) is 13.8. The second-order valence-corrected chi connectivity index (χ2v) is 5.23. The van der Waals surface area contributed by atoms with Crippen LogP contribution < -0.4 is 5.73 Å². The summed E-state index contributed by atoms with van der Waals surface area (Å²) >= 11 is 0. The molecule has 0 aliphatic carbocycles. The maximum atomic E-state index is 14.2. The Kier molecular flexibility index (Phi) is 3.71. The Balaban J connectivity index is 2.16. The van der Waals surface area contributed by atoms with E-state index in [1.807, 2.05) is 37.3 Å². The standard InChI is InChI=1S/C17H18FN3/c1-2-13(19)10-14-15(18)7-5-9-17(14)21-16-8-4-3-6-12(16)11-20-21/h3-9,11,13H,2,10,19H2,1H3. The van der Waals surface area contributed by atoms with Crippen molar-refractivity contribution in [1.29, 1.82) is 0 Å². The first-order valence-corrected chi connectivity index (χ1v) is 7.16. The van der Waals surface area contributed by atoms with Gasteiger partial charge < -0.3 is 5.73 Å². The number of fused-ring (bicyclic) bond motifs is 1. The fourth-order valence-corrected chi connectivity index (χ4v) is 2.52. The number of benzene rings is 2. The number of para-hydroxylation sites is 1. The third-order valence-electron chi connectivity index (χ3n) is 3.79. The summed E-state index contributed by atoms with van der Waals surface area (Å²) in [5.41, 5.74) is 8.37. The molecule has 0 amide bonds. The van der Waals surface area contributed by atoms with E-state index in [1.165, 1.54) is 6.07 Å². The molecule has 21 heavy (non-hydrogen) atoms. The van der Waals surface area contributed by atoms with Gasteiger partial charge in [-0.05, 0) is 31.0 Å². The predicted molar refractivity (Wildman–Crippen MR) is 83.0 cm³/mol. The SMILES string of the molecule is CCC(N)Cc1c(F)cccc1-n1ncc2ccccc21. The molecule has 0 spiro atoms. The van der Waals surface area contributed by atoms with Crippen LogP contribution in [0.4, 0.5) is 4.39 Å². The van der Waals surface area contributed by atoms with Gasteiger partial charge in [-0.1, -0.05) is 31.2 Å². The first-order valence-electron chi connectivity index (χ1n) is 7.16. The largest absolute Gasteiger partial charge is 0.327 e. The summed E-state index contributed by atoms with van der Waals surface area (Å²) in [5, 5.41) is 5.44. The number of aromatic nitrogens is 2. The van der Waals surface area contributed by atoms with E-state index in [9.17, 15) is 4.39 Å². The van der Waals surface area contributed by atoms with E-state index in [2.05, 4.69) is 5.10 Å². The lowest BCUT2D eigenvalue weighted by molar-refractivity contribution is 0.575. The van der Waals surface area contributed by atoms with Gasteiger partial charge in [-0.3, -0.25) is 0 Å². The van der Waals surface area contributed by atoms with Gasteiger partial charge in [-0.2, -0.15) is 5.10 Å². The Labute approximate surface area is 123 Å². The lowest BCUT2D eigenvalue weighted by atomic mass is 10.0. The number of rotatable bonds is 4. The highest BCUT2D eigenvalue weighted by molar-refractivity contribution is 5.80. The van der Waals surface area contributed by atoms with Gasteiger partial charge >= 0.3 is 0 Å². The average Bonchev–Trinajstić information content (AvgIpc) is 2.93. The fourth-order valence-electron chi connectivity index (χ4n) is 2.52. The van der Waals surface area contributed by atoms with Crippen LogP contribution in [-0.4, -0.2) is 15.8 Å². The van der Waals surface area contributed by atoms with Crippen LogP contribution in [0.3, 0.4) is 0 Å². The van der Waals surface area contributed by atoms with Crippen molar-refractivity contribution in [3.05, 3.63) is 60.0 Å². The molecule has 1 unspecified atom stereocenters. The third kappa shape index (κ3) is 2.54. The zero-order chi connectivity index (χ0) is 14.8. The van der Waals surface area contributed by atoms with Crippen LogP contribution in [0.5, 0.6) is 0 Å². The van der Waals surface area contributed by atoms with Gasteiger partial charge in [0, 0.05) is 17.0 Å². The fraction of sp³-hybridized carbons (Fsp3) is 0.235. The van der Waals surface area contributed by atoms with E-state index >= 15 is 0 Å². The summed E-state index contributed by atoms with van der Waals surface area (Å²) in [6, 6.07) is 12.9. The topological polar surface area (TPSA) is 43.8 Å². The maximum Gasteiger partial charge on any atom is 0.128 e. The van der Waals surface area contributed by atoms with Gasteiger partial charge in [0.2, 0.25) is 0 Å². The lowest BCUT2D eigenvalue weighted by Crippen LogP contribution is -2.23. The molecule has 0 saturated heterocycles. The molecular weight excluding hydrogens is 265 g/mol. The van der Waals surface area contributed by atoms with E-state index in [0.29, 0.717) is 12.0 Å². The van der Waals surface area contributed by atoms with Crippen LogP contribution >= 0.6 is 0 Å². The van der Waals surface area contributed by atoms with Crippen molar-refractivity contribution in [2.24, 2.45) is 5.73 Å². The zero-order valence-electron chi connectivity index (χ0n) is 12.0. The average molecular weight is 283 g/mol. The van der Waals surface area contributed by atoms with Crippen LogP contribution in [0.2, 0.25) is 0 Å². The van der Waals surface area contributed by atoms with Gasteiger partial charge in [-0.15, -0.1) is 0 Å². The molecule has 0 bridgehead atoms. The Hall–Kier alpha value is -2.20. The minimum atomic E-state index is -0.226. The normalized spacial score (nSPS) is 12.7. The van der Waals surface area contributed by atoms with Crippen LogP contribution in [0, 0.1) is 5.82 Å². The third-order valence-corrected chi connectivity index (χ3v) is 3.79. The number of nitrogens with two attached hydrogens (primary N) is 1. The maximum absolute atomic E-state index is 14.2. The zero-order valence-corrected chi connectivity index (χ0v) is 12.0. The molecule has 0 fully saturated rings. The molecule has 1 aromatic heterocycles. The summed E-state index contributed by atoms with van der Waals surface area (Å²) in [4.78, 5) is 0. The van der Waals surface area contributed by atoms with Crippen molar-refractivity contribution < 1.29 is 4.39 Å². The quantitative estimate of drug-likeness (QED) is 0.797. The van der Waals surface area contributed by atoms with Gasteiger partial charge in [0.1, 0.15) is 5.82 Å². The van der Waals surface area contributed by atoms with Gasteiger partial charge in [0.25, 0.3) is 0 Å². The lowest BCUT2D eigenvalue weighted by Gasteiger charge is -2.15. The summed E-state index contributed by atoms with van der Waals surface area (Å²) in [5.74, 6) is -0.226. The van der Waals surface area contributed by atoms with Gasteiger partial charge in [0.05, 0.1) is 17.4 Å². The molecule has 0 aliphatic rings. The van der Waals surface area contributed by atoms with Crippen LogP contribution in [0.15, 0.2) is 48.7 Å². The van der Waals surface area contributed by atoms with Crippen LogP contribution in [0.25, 0.3) is 16.6 Å². The molecule has 0 radical (unpaired) electrons. The molecule has 1 heterocycles. The summed E-state index contributed by atoms with van der Waals surface area (Å²) in [6.45, 7) is 2.01. The smallest absolute Gasteiger partial charge is 0.128 e. The molecule has 4 heteroatoms. The number of nitrogens with zero attached hydrogens (tertiary/aromatic N) is 2. The molecule has 2 N–H and O–H groups in total. The van der Waals surface area contributed by atoms with Gasteiger partial charge in [0.15, 0.2) is 0 Å². The highest BCUT2D eigenvalue weighted by Crippen LogP contribution is 2.24. The first-order chi connectivity index (χ1) is 10.2. The minimum Gasteiger partial charge on any atom is -0.327 e. The highest BCUT2D eigenvalue weighted by Gasteiger charge is 2.15. The molecule has 3 nitrogen and oxygen atoms in total. The molecule has 3 aromatic rings. The van der Waals surface area contributed by atoms with Crippen molar-refractivity contribution in [3.63, 3.8) is 0 Å². The summed E-state index contributed by atoms with van der Waals surface area (Å²) < 4.78 is 16.0. The Bertz CT molecular complexity index is 764. The van der Waals surface area contributed by atoms with Crippen LogP contribution in [0.1, 0.15) is 18.9 Å². The Morgan fingerprint density at radius 1 is 1.19 bits per heavy atom. The van der Waals surface area contributed by atoms with Gasteiger partial charge in [-0.25, -0.2) is 9.07 Å². The van der Waals surface area contributed by atoms with Crippen molar-refractivity contribution in [3.8, 4) is 5.69 Å². The van der Waals surface area contributed by atoms with E-state index < -0.39 is 0 Å². The molecule has 3 rings (SSSR count). The van der Waals surface area contributed by atoms with Crippen molar-refractivity contribution in [2.75, 3.05) is 0 Å². The number of halogens is 1. The minimum absolute atomic E-state index is 0.0533. The highest BCUT2D eigenvalue weighted by atomic mass is 19.1. The number of hydrogen-bond donors (Lipinski definition) is 1. The van der Waals surface area contributed by atoms with Crippen molar-refractivity contribution in [1.82, 2.24) is 9.78 Å². The number of hydrogen-bond acceptors (Lipinski definition) is 2. The van der Waals surface area contributed by atoms with E-state index in [1.54, 1.807) is 16.9 Å². The Morgan fingerprint density at radius 2 is 2.00 bits per heavy atom. The van der Waals surface area contributed by atoms with Crippen molar-refractivity contribution in [2.45, 2.75) is 25.8 Å². The van der Waals surface area contributed by atoms with Crippen molar-refractivity contribution >= 4 is 10.9 Å². The molecule has 0 saturated carbocycles. The second kappa shape index (κ2) is 5.66. The predicted octanol–water partition coefficient (Wildman–Crippen LogP) is 3.44. The Morgan fingerprint density at radius 3 is 2.81 bits per heavy atom. The van der Waals surface area contributed by atoms with E-state index in [4.69, 9.17) is 5.73 Å². The molecule has 0 aliphatic heterocycles. The molecule has 2 aromatic carbocycles. The summed E-state index contributed by atoms with van der Waals surface area (Å²) in [7, 11) is 0. The monoisotopic (exact) mass is 283 g/mol. The molecule has 108 valence electrons. The molecular formula is C17H18FN3. The second-order valence-electron chi connectivity index (χ2n) is 5.23. The van der Waals surface area contributed by atoms with E-state index in [0.717, 1.165) is 23.0 Å². The van der Waals surface area contributed by atoms with E-state index in [-0.39, 0.29) is 11.9 Å². The summed E-state index contributed by atoms with van der Waals surface area (Å²) in [6.07, 6.45) is 3.12. The molecule has 1 atom stereocenters.